The van der Waals surface area contributed by atoms with Crippen molar-refractivity contribution >= 4 is 15.9 Å². The molecule has 4 rings (SSSR count). The number of sulfonamides is 1. The molecule has 0 radical (unpaired) electrons. The van der Waals surface area contributed by atoms with E-state index in [0.717, 1.165) is 11.3 Å². The van der Waals surface area contributed by atoms with Crippen molar-refractivity contribution in [2.45, 2.75) is 24.3 Å². The third-order valence-electron chi connectivity index (χ3n) is 5.44. The van der Waals surface area contributed by atoms with Crippen molar-refractivity contribution in [3.8, 4) is 17.1 Å². The van der Waals surface area contributed by atoms with Crippen molar-refractivity contribution in [1.29, 1.82) is 0 Å². The normalized spacial score (nSPS) is 15.4. The Hall–Kier alpha value is -3.24. The first-order valence-electron chi connectivity index (χ1n) is 10.3. The number of hydrogen-bond acceptors (Lipinski definition) is 7. The van der Waals surface area contributed by atoms with Crippen LogP contribution in [-0.4, -0.2) is 49.0 Å². The highest BCUT2D eigenvalue weighted by Crippen LogP contribution is 2.24. The van der Waals surface area contributed by atoms with Gasteiger partial charge in [0.05, 0.1) is 18.6 Å². The minimum atomic E-state index is -3.53. The summed E-state index contributed by atoms with van der Waals surface area (Å²) in [6.45, 7) is 0.722. The van der Waals surface area contributed by atoms with E-state index in [1.807, 2.05) is 12.1 Å². The molecule has 2 heterocycles. The summed E-state index contributed by atoms with van der Waals surface area (Å²) in [5.41, 5.74) is 0.777. The molecule has 2 aromatic carbocycles. The zero-order chi connectivity index (χ0) is 22.6. The van der Waals surface area contributed by atoms with Gasteiger partial charge in [0.1, 0.15) is 5.75 Å². The highest BCUT2D eigenvalue weighted by Gasteiger charge is 2.32. The number of ether oxygens (including phenoxy) is 1. The van der Waals surface area contributed by atoms with Crippen molar-refractivity contribution < 1.29 is 22.5 Å². The summed E-state index contributed by atoms with van der Waals surface area (Å²) < 4.78 is 37.2. The minimum Gasteiger partial charge on any atom is -0.497 e. The second-order valence-corrected chi connectivity index (χ2v) is 9.39. The molecule has 0 atom stereocenters. The fraction of sp³-hybridized carbons (Fsp3) is 0.318. The maximum atomic E-state index is 12.7. The average molecular weight is 457 g/mol. The summed E-state index contributed by atoms with van der Waals surface area (Å²) in [6, 6.07) is 15.6. The molecule has 32 heavy (non-hydrogen) atoms. The Morgan fingerprint density at radius 3 is 2.47 bits per heavy atom. The van der Waals surface area contributed by atoms with Crippen LogP contribution in [0.3, 0.4) is 0 Å². The zero-order valence-corrected chi connectivity index (χ0v) is 18.4. The van der Waals surface area contributed by atoms with Crippen LogP contribution in [0.5, 0.6) is 5.75 Å². The number of methoxy groups -OCH3 is 1. The molecule has 1 fully saturated rings. The topological polar surface area (TPSA) is 115 Å². The van der Waals surface area contributed by atoms with Crippen LogP contribution in [0.25, 0.3) is 11.4 Å². The third kappa shape index (κ3) is 4.81. The molecule has 0 spiro atoms. The number of aromatic nitrogens is 2. The SMILES string of the molecule is COc1ccc(-c2noc(CNC(=O)C3CCN(S(=O)(=O)c4ccccc4)CC3)n2)cc1. The molecule has 9 nitrogen and oxygen atoms in total. The van der Waals surface area contributed by atoms with Crippen molar-refractivity contribution in [2.75, 3.05) is 20.2 Å². The first-order valence-corrected chi connectivity index (χ1v) is 11.7. The van der Waals surface area contributed by atoms with Gasteiger partial charge in [0.25, 0.3) is 0 Å². The summed E-state index contributed by atoms with van der Waals surface area (Å²) in [6.07, 6.45) is 0.914. The summed E-state index contributed by atoms with van der Waals surface area (Å²) in [7, 11) is -1.94. The Balaban J connectivity index is 1.29. The second-order valence-electron chi connectivity index (χ2n) is 7.45. The van der Waals surface area contributed by atoms with Gasteiger partial charge in [0.2, 0.25) is 27.6 Å². The zero-order valence-electron chi connectivity index (χ0n) is 17.6. The quantitative estimate of drug-likeness (QED) is 0.581. The number of nitrogens with zero attached hydrogens (tertiary/aromatic N) is 3. The van der Waals surface area contributed by atoms with Gasteiger partial charge in [-0.05, 0) is 49.2 Å². The van der Waals surface area contributed by atoms with Gasteiger partial charge in [-0.25, -0.2) is 8.42 Å². The Morgan fingerprint density at radius 1 is 1.12 bits per heavy atom. The van der Waals surface area contributed by atoms with E-state index in [1.54, 1.807) is 49.6 Å². The van der Waals surface area contributed by atoms with Crippen LogP contribution in [0.2, 0.25) is 0 Å². The molecule has 0 saturated carbocycles. The van der Waals surface area contributed by atoms with Gasteiger partial charge in [0, 0.05) is 24.6 Å². The lowest BCUT2D eigenvalue weighted by molar-refractivity contribution is -0.126. The van der Waals surface area contributed by atoms with Crippen LogP contribution < -0.4 is 10.1 Å². The van der Waals surface area contributed by atoms with E-state index < -0.39 is 10.0 Å². The third-order valence-corrected chi connectivity index (χ3v) is 7.35. The molecule has 0 aliphatic carbocycles. The predicted molar refractivity (Wildman–Crippen MR) is 116 cm³/mol. The fourth-order valence-electron chi connectivity index (χ4n) is 3.59. The standard InChI is InChI=1S/C22H24N4O5S/c1-30-18-9-7-16(8-10-18)21-24-20(31-25-21)15-23-22(27)17-11-13-26(14-12-17)32(28,29)19-5-3-2-4-6-19/h2-10,17H,11-15H2,1H3,(H,23,27). The second kappa shape index (κ2) is 9.49. The Labute approximate surface area is 186 Å². The number of carbonyl (C=O) groups excluding carboxylic acids is 1. The highest BCUT2D eigenvalue weighted by atomic mass is 32.2. The minimum absolute atomic E-state index is 0.116. The van der Waals surface area contributed by atoms with E-state index in [9.17, 15) is 13.2 Å². The van der Waals surface area contributed by atoms with Crippen LogP contribution in [0.15, 0.2) is 64.0 Å². The van der Waals surface area contributed by atoms with Crippen molar-refractivity contribution in [3.05, 3.63) is 60.5 Å². The molecule has 10 heteroatoms. The number of hydrogen-bond donors (Lipinski definition) is 1. The Kier molecular flexibility index (Phi) is 6.52. The van der Waals surface area contributed by atoms with E-state index in [-0.39, 0.29) is 23.3 Å². The van der Waals surface area contributed by atoms with Crippen LogP contribution in [-0.2, 0) is 21.4 Å². The average Bonchev–Trinajstić information content (AvgIpc) is 3.32. The van der Waals surface area contributed by atoms with Gasteiger partial charge in [-0.2, -0.15) is 9.29 Å². The van der Waals surface area contributed by atoms with E-state index in [0.29, 0.717) is 37.6 Å². The van der Waals surface area contributed by atoms with Gasteiger partial charge in [-0.15, -0.1) is 0 Å². The van der Waals surface area contributed by atoms with Gasteiger partial charge < -0.3 is 14.6 Å². The molecule has 1 aliphatic heterocycles. The van der Waals surface area contributed by atoms with E-state index >= 15 is 0 Å². The molecule has 1 aromatic heterocycles. The molecular weight excluding hydrogens is 432 g/mol. The van der Waals surface area contributed by atoms with Crippen LogP contribution >= 0.6 is 0 Å². The number of rotatable bonds is 7. The van der Waals surface area contributed by atoms with E-state index in [2.05, 4.69) is 15.5 Å². The maximum absolute atomic E-state index is 12.7. The Bertz CT molecular complexity index is 1150. The summed E-state index contributed by atoms with van der Waals surface area (Å²) in [5.74, 6) is 1.05. The smallest absolute Gasteiger partial charge is 0.246 e. The Morgan fingerprint density at radius 2 is 1.81 bits per heavy atom. The molecule has 1 aliphatic rings. The number of amides is 1. The molecule has 0 unspecified atom stereocenters. The summed E-state index contributed by atoms with van der Waals surface area (Å²) >= 11 is 0. The number of benzene rings is 2. The lowest BCUT2D eigenvalue weighted by Gasteiger charge is -2.30. The van der Waals surface area contributed by atoms with Crippen LogP contribution in [0.4, 0.5) is 0 Å². The number of carbonyl (C=O) groups is 1. The van der Waals surface area contributed by atoms with Gasteiger partial charge in [-0.1, -0.05) is 23.4 Å². The first kappa shape index (κ1) is 22.0. The molecule has 168 valence electrons. The number of piperidine rings is 1. The lowest BCUT2D eigenvalue weighted by atomic mass is 9.97. The lowest BCUT2D eigenvalue weighted by Crippen LogP contribution is -2.42. The fourth-order valence-corrected chi connectivity index (χ4v) is 5.08. The molecular formula is C22H24N4O5S. The predicted octanol–water partition coefficient (Wildman–Crippen LogP) is 2.46. The van der Waals surface area contributed by atoms with Crippen LogP contribution in [0, 0.1) is 5.92 Å². The van der Waals surface area contributed by atoms with E-state index in [1.165, 1.54) is 4.31 Å². The van der Waals surface area contributed by atoms with Crippen LogP contribution in [0.1, 0.15) is 18.7 Å². The van der Waals surface area contributed by atoms with Crippen molar-refractivity contribution in [3.63, 3.8) is 0 Å². The molecule has 0 bridgehead atoms. The van der Waals surface area contributed by atoms with Crippen molar-refractivity contribution in [2.24, 2.45) is 5.92 Å². The maximum Gasteiger partial charge on any atom is 0.246 e. The van der Waals surface area contributed by atoms with E-state index in [4.69, 9.17) is 9.26 Å². The molecule has 3 aromatic rings. The van der Waals surface area contributed by atoms with Gasteiger partial charge in [0.15, 0.2) is 0 Å². The van der Waals surface area contributed by atoms with Gasteiger partial charge >= 0.3 is 0 Å². The highest BCUT2D eigenvalue weighted by molar-refractivity contribution is 7.89. The largest absolute Gasteiger partial charge is 0.497 e. The first-order chi connectivity index (χ1) is 15.5. The summed E-state index contributed by atoms with van der Waals surface area (Å²) in [4.78, 5) is 17.1. The monoisotopic (exact) mass is 456 g/mol. The molecule has 1 N–H and O–H groups in total. The summed E-state index contributed by atoms with van der Waals surface area (Å²) in [5, 5.41) is 6.76. The van der Waals surface area contributed by atoms with Crippen molar-refractivity contribution in [1.82, 2.24) is 19.8 Å². The van der Waals surface area contributed by atoms with Gasteiger partial charge in [-0.3, -0.25) is 4.79 Å². The molecule has 1 amide bonds. The molecule has 1 saturated heterocycles. The number of nitrogens with one attached hydrogen (secondary N) is 1.